The van der Waals surface area contributed by atoms with Gasteiger partial charge >= 0.3 is 0 Å². The molecule has 0 atom stereocenters. The summed E-state index contributed by atoms with van der Waals surface area (Å²) in [5.41, 5.74) is 5.41. The number of anilines is 1. The normalized spacial score (nSPS) is 11.0. The molecule has 1 aromatic heterocycles. The molecule has 0 aliphatic carbocycles. The van der Waals surface area contributed by atoms with Gasteiger partial charge in [-0.3, -0.25) is 14.7 Å². The minimum atomic E-state index is -0.508. The van der Waals surface area contributed by atoms with Crippen LogP contribution in [-0.2, 0) is 6.54 Å². The van der Waals surface area contributed by atoms with Crippen LogP contribution in [0.1, 0.15) is 30.5 Å². The Morgan fingerprint density at radius 2 is 1.83 bits per heavy atom. The summed E-state index contributed by atoms with van der Waals surface area (Å²) in [7, 11) is 0. The minimum absolute atomic E-state index is 0.0275. The molecule has 0 bridgehead atoms. The molecule has 0 unspecified atom stereocenters. The zero-order chi connectivity index (χ0) is 21.3. The summed E-state index contributed by atoms with van der Waals surface area (Å²) in [6.45, 7) is 7.05. The third-order valence-electron chi connectivity index (χ3n) is 4.80. The van der Waals surface area contributed by atoms with Crippen LogP contribution < -0.4 is 11.0 Å². The van der Waals surface area contributed by atoms with Gasteiger partial charge in [0, 0.05) is 12.1 Å². The van der Waals surface area contributed by atoms with Gasteiger partial charge in [-0.1, -0.05) is 68.4 Å². The van der Waals surface area contributed by atoms with Crippen molar-refractivity contribution < 1.29 is 0 Å². The van der Waals surface area contributed by atoms with Gasteiger partial charge in [-0.15, -0.1) is 0 Å². The van der Waals surface area contributed by atoms with Crippen LogP contribution in [0.5, 0.6) is 0 Å². The number of aromatic nitrogens is 2. The summed E-state index contributed by atoms with van der Waals surface area (Å²) < 4.78 is 0. The van der Waals surface area contributed by atoms with Crippen molar-refractivity contribution in [2.45, 2.75) is 20.4 Å². The number of nitrogens with one attached hydrogen (secondary N) is 2. The Morgan fingerprint density at radius 1 is 1.13 bits per heavy atom. The molecule has 7 heteroatoms. The highest BCUT2D eigenvalue weighted by Crippen LogP contribution is 2.19. The molecule has 0 spiro atoms. The summed E-state index contributed by atoms with van der Waals surface area (Å²) in [5.74, 6) is 0.176. The van der Waals surface area contributed by atoms with Gasteiger partial charge < -0.3 is 0 Å². The second-order valence-electron chi connectivity index (χ2n) is 6.65. The molecular weight excluding hydrogens is 376 g/mol. The average molecular weight is 400 g/mol. The molecule has 30 heavy (non-hydrogen) atoms. The molecular formula is C23H24N6O. The Labute approximate surface area is 175 Å². The number of nitrogens with zero attached hydrogens (tertiary/aromatic N) is 4. The fourth-order valence-corrected chi connectivity index (χ4v) is 3.09. The van der Waals surface area contributed by atoms with E-state index in [1.165, 1.54) is 0 Å². The van der Waals surface area contributed by atoms with Crippen molar-refractivity contribution in [3.63, 3.8) is 0 Å². The van der Waals surface area contributed by atoms with Crippen LogP contribution in [0.4, 0.5) is 5.95 Å². The number of benzene rings is 2. The zero-order valence-corrected chi connectivity index (χ0v) is 17.1. The zero-order valence-electron chi connectivity index (χ0n) is 17.1. The van der Waals surface area contributed by atoms with E-state index < -0.39 is 5.56 Å². The maximum Gasteiger partial charge on any atom is 0.270 e. The third-order valence-corrected chi connectivity index (χ3v) is 4.80. The molecule has 0 aliphatic heterocycles. The number of rotatable bonds is 8. The topological polar surface area (TPSA) is 97.2 Å². The first-order valence-electron chi connectivity index (χ1n) is 9.85. The smallest absolute Gasteiger partial charge is 0.270 e. The van der Waals surface area contributed by atoms with E-state index in [1.54, 1.807) is 18.3 Å². The highest BCUT2D eigenvalue weighted by molar-refractivity contribution is 5.82. The Bertz CT molecular complexity index is 1110. The second-order valence-corrected chi connectivity index (χ2v) is 6.65. The third kappa shape index (κ3) is 4.99. The number of H-pyrrole nitrogens is 1. The Balaban J connectivity index is 1.85. The van der Waals surface area contributed by atoms with Crippen LogP contribution in [0, 0.1) is 11.3 Å². The predicted molar refractivity (Wildman–Crippen MR) is 119 cm³/mol. The van der Waals surface area contributed by atoms with E-state index in [1.807, 2.05) is 42.5 Å². The van der Waals surface area contributed by atoms with E-state index in [0.29, 0.717) is 11.3 Å². The molecule has 1 heterocycles. The molecule has 2 N–H and O–H groups in total. The van der Waals surface area contributed by atoms with Gasteiger partial charge in [-0.25, -0.2) is 10.4 Å². The number of hydrogen-bond donors (Lipinski definition) is 2. The lowest BCUT2D eigenvalue weighted by Crippen LogP contribution is -2.22. The van der Waals surface area contributed by atoms with Gasteiger partial charge in [0.2, 0.25) is 5.95 Å². The highest BCUT2D eigenvalue weighted by Gasteiger charge is 2.13. The first-order chi connectivity index (χ1) is 14.7. The van der Waals surface area contributed by atoms with Crippen molar-refractivity contribution in [3.8, 4) is 17.3 Å². The monoisotopic (exact) mass is 400 g/mol. The largest absolute Gasteiger partial charge is 0.300 e. The first kappa shape index (κ1) is 21.0. The fourth-order valence-electron chi connectivity index (χ4n) is 3.09. The molecule has 152 valence electrons. The summed E-state index contributed by atoms with van der Waals surface area (Å²) in [6, 6.07) is 19.1. The van der Waals surface area contributed by atoms with Gasteiger partial charge in [0.1, 0.15) is 11.6 Å². The Morgan fingerprint density at radius 3 is 2.53 bits per heavy atom. The van der Waals surface area contributed by atoms with E-state index in [2.05, 4.69) is 45.3 Å². The van der Waals surface area contributed by atoms with E-state index >= 15 is 0 Å². The SMILES string of the molecule is CCN(CC)Cc1ccccc1C=NNc1nc(-c2ccccc2)c(C#N)c(=O)[nH]1. The first-order valence-corrected chi connectivity index (χ1v) is 9.85. The second kappa shape index (κ2) is 10.1. The Hall–Kier alpha value is -3.76. The molecule has 0 radical (unpaired) electrons. The predicted octanol–water partition coefficient (Wildman–Crippen LogP) is 3.60. The quantitative estimate of drug-likeness (QED) is 0.445. The molecule has 3 aromatic rings. The van der Waals surface area contributed by atoms with Crippen molar-refractivity contribution >= 4 is 12.2 Å². The summed E-state index contributed by atoms with van der Waals surface area (Å²) in [6.07, 6.45) is 1.71. The maximum absolute atomic E-state index is 12.3. The van der Waals surface area contributed by atoms with Gasteiger partial charge in [-0.05, 0) is 24.2 Å². The standard InChI is InChI=1S/C23H24N6O/c1-3-29(4-2)16-19-13-9-8-12-18(19)15-25-28-23-26-21(17-10-6-5-7-11-17)20(14-24)22(30)27-23/h5-13,15H,3-4,16H2,1-2H3,(H2,26,27,28,30). The van der Waals surface area contributed by atoms with Crippen molar-refractivity contribution in [1.29, 1.82) is 5.26 Å². The van der Waals surface area contributed by atoms with Crippen LogP contribution in [0.2, 0.25) is 0 Å². The van der Waals surface area contributed by atoms with Crippen LogP contribution in [-0.4, -0.2) is 34.2 Å². The molecule has 3 rings (SSSR count). The van der Waals surface area contributed by atoms with Gasteiger partial charge in [-0.2, -0.15) is 10.4 Å². The van der Waals surface area contributed by atoms with Crippen molar-refractivity contribution in [1.82, 2.24) is 14.9 Å². The van der Waals surface area contributed by atoms with E-state index in [0.717, 1.165) is 30.8 Å². The van der Waals surface area contributed by atoms with Crippen molar-refractivity contribution in [2.75, 3.05) is 18.5 Å². The number of nitriles is 1. The lowest BCUT2D eigenvalue weighted by atomic mass is 10.1. The molecule has 0 amide bonds. The number of aromatic amines is 1. The van der Waals surface area contributed by atoms with E-state index in [9.17, 15) is 10.1 Å². The van der Waals surface area contributed by atoms with E-state index in [-0.39, 0.29) is 11.5 Å². The summed E-state index contributed by atoms with van der Waals surface area (Å²) in [4.78, 5) is 21.6. The molecule has 0 fully saturated rings. The molecule has 0 saturated heterocycles. The van der Waals surface area contributed by atoms with Crippen LogP contribution >= 0.6 is 0 Å². The molecule has 7 nitrogen and oxygen atoms in total. The van der Waals surface area contributed by atoms with Crippen LogP contribution in [0.15, 0.2) is 64.5 Å². The lowest BCUT2D eigenvalue weighted by Gasteiger charge is -2.19. The van der Waals surface area contributed by atoms with Crippen molar-refractivity contribution in [3.05, 3.63) is 81.6 Å². The Kier molecular flexibility index (Phi) is 7.09. The van der Waals surface area contributed by atoms with Crippen LogP contribution in [0.3, 0.4) is 0 Å². The number of hydrazone groups is 1. The van der Waals surface area contributed by atoms with Gasteiger partial charge in [0.05, 0.1) is 11.9 Å². The minimum Gasteiger partial charge on any atom is -0.300 e. The molecule has 2 aromatic carbocycles. The van der Waals surface area contributed by atoms with Crippen LogP contribution in [0.25, 0.3) is 11.3 Å². The highest BCUT2D eigenvalue weighted by atomic mass is 16.1. The number of hydrogen-bond acceptors (Lipinski definition) is 6. The van der Waals surface area contributed by atoms with E-state index in [4.69, 9.17) is 0 Å². The molecule has 0 aliphatic rings. The summed E-state index contributed by atoms with van der Waals surface area (Å²) in [5, 5.41) is 13.6. The van der Waals surface area contributed by atoms with Crippen molar-refractivity contribution in [2.24, 2.45) is 5.10 Å². The fraction of sp³-hybridized carbons (Fsp3) is 0.217. The van der Waals surface area contributed by atoms with Gasteiger partial charge in [0.15, 0.2) is 0 Å². The summed E-state index contributed by atoms with van der Waals surface area (Å²) >= 11 is 0. The van der Waals surface area contributed by atoms with Gasteiger partial charge in [0.25, 0.3) is 5.56 Å². The molecule has 0 saturated carbocycles. The lowest BCUT2D eigenvalue weighted by molar-refractivity contribution is 0.296. The maximum atomic E-state index is 12.3. The average Bonchev–Trinajstić information content (AvgIpc) is 2.78.